The highest BCUT2D eigenvalue weighted by atomic mass is 32.1. The van der Waals surface area contributed by atoms with Crippen LogP contribution < -0.4 is 5.32 Å². The van der Waals surface area contributed by atoms with Crippen LogP contribution in [0.15, 0.2) is 34.1 Å². The first-order chi connectivity index (χ1) is 9.67. The van der Waals surface area contributed by atoms with Crippen LogP contribution in [-0.4, -0.2) is 11.5 Å². The molecule has 104 valence electrons. The summed E-state index contributed by atoms with van der Waals surface area (Å²) >= 11 is 1.67. The SMILES string of the molecule is CCNC(c1csc(C)n1)c1cc2cc(C)ccc2o1. The van der Waals surface area contributed by atoms with Crippen molar-refractivity contribution in [3.63, 3.8) is 0 Å². The molecule has 0 saturated heterocycles. The van der Waals surface area contributed by atoms with Crippen LogP contribution in [0.25, 0.3) is 11.0 Å². The molecule has 3 nitrogen and oxygen atoms in total. The van der Waals surface area contributed by atoms with Crippen LogP contribution in [0.4, 0.5) is 0 Å². The van der Waals surface area contributed by atoms with Crippen molar-refractivity contribution in [1.82, 2.24) is 10.3 Å². The molecule has 0 saturated carbocycles. The number of aromatic nitrogens is 1. The van der Waals surface area contributed by atoms with Crippen molar-refractivity contribution in [3.05, 3.63) is 51.7 Å². The molecule has 0 aliphatic rings. The lowest BCUT2D eigenvalue weighted by Crippen LogP contribution is -2.21. The normalized spacial score (nSPS) is 12.9. The first-order valence-electron chi connectivity index (χ1n) is 6.83. The highest BCUT2D eigenvalue weighted by Crippen LogP contribution is 2.29. The van der Waals surface area contributed by atoms with E-state index in [0.29, 0.717) is 0 Å². The summed E-state index contributed by atoms with van der Waals surface area (Å²) in [6.07, 6.45) is 0. The van der Waals surface area contributed by atoms with Gasteiger partial charge in [-0.15, -0.1) is 11.3 Å². The Morgan fingerprint density at radius 2 is 2.15 bits per heavy atom. The van der Waals surface area contributed by atoms with Crippen LogP contribution in [0.1, 0.15) is 35.0 Å². The Hall–Kier alpha value is -1.65. The van der Waals surface area contributed by atoms with E-state index < -0.39 is 0 Å². The molecular weight excluding hydrogens is 268 g/mol. The molecule has 0 bridgehead atoms. The van der Waals surface area contributed by atoms with Crippen molar-refractivity contribution in [1.29, 1.82) is 0 Å². The van der Waals surface area contributed by atoms with E-state index in [1.807, 2.05) is 13.0 Å². The first kappa shape index (κ1) is 13.3. The monoisotopic (exact) mass is 286 g/mol. The maximum absolute atomic E-state index is 6.00. The van der Waals surface area contributed by atoms with E-state index in [-0.39, 0.29) is 6.04 Å². The van der Waals surface area contributed by atoms with Crippen molar-refractivity contribution in [3.8, 4) is 0 Å². The van der Waals surface area contributed by atoms with Crippen molar-refractivity contribution < 1.29 is 4.42 Å². The highest BCUT2D eigenvalue weighted by Gasteiger charge is 2.20. The summed E-state index contributed by atoms with van der Waals surface area (Å²) in [6.45, 7) is 7.09. The van der Waals surface area contributed by atoms with E-state index in [2.05, 4.69) is 47.7 Å². The number of benzene rings is 1. The lowest BCUT2D eigenvalue weighted by atomic mass is 10.1. The van der Waals surface area contributed by atoms with Crippen LogP contribution in [0, 0.1) is 13.8 Å². The van der Waals surface area contributed by atoms with E-state index in [1.165, 1.54) is 5.56 Å². The van der Waals surface area contributed by atoms with Crippen molar-refractivity contribution in [2.75, 3.05) is 6.54 Å². The van der Waals surface area contributed by atoms with Crippen LogP contribution in [0.5, 0.6) is 0 Å². The zero-order valence-electron chi connectivity index (χ0n) is 11.9. The molecule has 0 spiro atoms. The summed E-state index contributed by atoms with van der Waals surface area (Å²) in [4.78, 5) is 4.59. The summed E-state index contributed by atoms with van der Waals surface area (Å²) in [5, 5.41) is 7.78. The summed E-state index contributed by atoms with van der Waals surface area (Å²) in [6, 6.07) is 8.40. The number of hydrogen-bond donors (Lipinski definition) is 1. The summed E-state index contributed by atoms with van der Waals surface area (Å²) in [5.74, 6) is 0.928. The van der Waals surface area contributed by atoms with Crippen molar-refractivity contribution in [2.24, 2.45) is 0 Å². The lowest BCUT2D eigenvalue weighted by molar-refractivity contribution is 0.472. The Morgan fingerprint density at radius 1 is 1.30 bits per heavy atom. The summed E-state index contributed by atoms with van der Waals surface area (Å²) in [7, 11) is 0. The third kappa shape index (κ3) is 2.49. The Kier molecular flexibility index (Phi) is 3.59. The fourth-order valence-electron chi connectivity index (χ4n) is 2.39. The van der Waals surface area contributed by atoms with Gasteiger partial charge in [-0.05, 0) is 38.6 Å². The van der Waals surface area contributed by atoms with E-state index in [9.17, 15) is 0 Å². The minimum absolute atomic E-state index is 0.0256. The van der Waals surface area contributed by atoms with Gasteiger partial charge >= 0.3 is 0 Å². The molecule has 0 aliphatic carbocycles. The predicted octanol–water partition coefficient (Wildman–Crippen LogP) is 4.21. The maximum atomic E-state index is 6.00. The minimum atomic E-state index is 0.0256. The smallest absolute Gasteiger partial charge is 0.134 e. The van der Waals surface area contributed by atoms with E-state index >= 15 is 0 Å². The molecule has 1 N–H and O–H groups in total. The number of nitrogens with one attached hydrogen (secondary N) is 1. The number of aryl methyl sites for hydroxylation is 2. The zero-order chi connectivity index (χ0) is 14.1. The van der Waals surface area contributed by atoms with Gasteiger partial charge in [-0.25, -0.2) is 4.98 Å². The third-order valence-electron chi connectivity index (χ3n) is 3.32. The average molecular weight is 286 g/mol. The highest BCUT2D eigenvalue weighted by molar-refractivity contribution is 7.09. The molecule has 0 amide bonds. The molecule has 1 unspecified atom stereocenters. The van der Waals surface area contributed by atoms with Crippen LogP contribution in [0.3, 0.4) is 0 Å². The van der Waals surface area contributed by atoms with Gasteiger partial charge in [0.2, 0.25) is 0 Å². The van der Waals surface area contributed by atoms with Crippen molar-refractivity contribution >= 4 is 22.3 Å². The molecule has 2 heterocycles. The maximum Gasteiger partial charge on any atom is 0.134 e. The Balaban J connectivity index is 2.04. The van der Waals surface area contributed by atoms with E-state index in [0.717, 1.165) is 34.0 Å². The molecule has 4 heteroatoms. The zero-order valence-corrected chi connectivity index (χ0v) is 12.8. The van der Waals surface area contributed by atoms with Crippen LogP contribution in [0.2, 0.25) is 0 Å². The Labute approximate surface area is 122 Å². The lowest BCUT2D eigenvalue weighted by Gasteiger charge is -2.12. The van der Waals surface area contributed by atoms with Gasteiger partial charge in [0, 0.05) is 10.8 Å². The number of rotatable bonds is 4. The molecule has 1 aromatic carbocycles. The summed E-state index contributed by atoms with van der Waals surface area (Å²) < 4.78 is 6.00. The van der Waals surface area contributed by atoms with E-state index in [1.54, 1.807) is 11.3 Å². The van der Waals surface area contributed by atoms with E-state index in [4.69, 9.17) is 4.42 Å². The fourth-order valence-corrected chi connectivity index (χ4v) is 3.03. The predicted molar refractivity (Wildman–Crippen MR) is 83.3 cm³/mol. The number of furan rings is 1. The Morgan fingerprint density at radius 3 is 2.85 bits per heavy atom. The average Bonchev–Trinajstić information content (AvgIpc) is 3.01. The summed E-state index contributed by atoms with van der Waals surface area (Å²) in [5.41, 5.74) is 3.21. The molecule has 3 rings (SSSR count). The largest absolute Gasteiger partial charge is 0.459 e. The third-order valence-corrected chi connectivity index (χ3v) is 4.11. The molecular formula is C16H18N2OS. The fraction of sp³-hybridized carbons (Fsp3) is 0.312. The second-order valence-corrected chi connectivity index (χ2v) is 6.03. The number of hydrogen-bond acceptors (Lipinski definition) is 4. The van der Waals surface area contributed by atoms with Gasteiger partial charge in [0.05, 0.1) is 10.7 Å². The van der Waals surface area contributed by atoms with Gasteiger partial charge in [-0.3, -0.25) is 0 Å². The molecule has 2 aromatic heterocycles. The van der Waals surface area contributed by atoms with Gasteiger partial charge in [0.25, 0.3) is 0 Å². The van der Waals surface area contributed by atoms with Gasteiger partial charge < -0.3 is 9.73 Å². The molecule has 0 aliphatic heterocycles. The topological polar surface area (TPSA) is 38.1 Å². The molecule has 20 heavy (non-hydrogen) atoms. The van der Waals surface area contributed by atoms with Gasteiger partial charge in [0.1, 0.15) is 17.4 Å². The molecule has 3 aromatic rings. The van der Waals surface area contributed by atoms with Gasteiger partial charge in [0.15, 0.2) is 0 Å². The minimum Gasteiger partial charge on any atom is -0.459 e. The standard InChI is InChI=1S/C16H18N2OS/c1-4-17-16(13-9-20-11(3)18-13)15-8-12-7-10(2)5-6-14(12)19-15/h5-9,16-17H,4H2,1-3H3. The number of fused-ring (bicyclic) bond motifs is 1. The number of nitrogens with zero attached hydrogens (tertiary/aromatic N) is 1. The first-order valence-corrected chi connectivity index (χ1v) is 7.71. The second kappa shape index (κ2) is 5.38. The second-order valence-electron chi connectivity index (χ2n) is 4.97. The Bertz CT molecular complexity index is 729. The number of thiazole rings is 1. The molecule has 0 radical (unpaired) electrons. The van der Waals surface area contributed by atoms with Crippen molar-refractivity contribution in [2.45, 2.75) is 26.8 Å². The molecule has 1 atom stereocenters. The van der Waals surface area contributed by atoms with Crippen LogP contribution >= 0.6 is 11.3 Å². The molecule has 0 fully saturated rings. The van der Waals surface area contributed by atoms with Crippen LogP contribution in [-0.2, 0) is 0 Å². The quantitative estimate of drug-likeness (QED) is 0.781. The van der Waals surface area contributed by atoms with Gasteiger partial charge in [-0.1, -0.05) is 18.6 Å². The van der Waals surface area contributed by atoms with Gasteiger partial charge in [-0.2, -0.15) is 0 Å².